The average molecular weight is 325 g/mol. The van der Waals surface area contributed by atoms with Crippen LogP contribution in [0.5, 0.6) is 0 Å². The molecule has 3 atom stereocenters. The van der Waals surface area contributed by atoms with Crippen LogP contribution in [0.3, 0.4) is 0 Å². The van der Waals surface area contributed by atoms with Crippen molar-refractivity contribution in [2.45, 2.75) is 64.9 Å². The fourth-order valence-corrected chi connectivity index (χ4v) is 8.13. The van der Waals surface area contributed by atoms with Gasteiger partial charge in [-0.05, 0) is 78.6 Å². The van der Waals surface area contributed by atoms with E-state index in [4.69, 9.17) is 11.6 Å². The van der Waals surface area contributed by atoms with Crippen molar-refractivity contribution in [3.63, 3.8) is 0 Å². The van der Waals surface area contributed by atoms with Crippen LogP contribution >= 0.6 is 22.9 Å². The zero-order valence-electron chi connectivity index (χ0n) is 13.0. The van der Waals surface area contributed by atoms with Gasteiger partial charge in [-0.3, -0.25) is 0 Å². The average Bonchev–Trinajstić information content (AvgIpc) is 2.69. The molecule has 1 heterocycles. The van der Waals surface area contributed by atoms with Crippen LogP contribution in [-0.4, -0.2) is 5.11 Å². The lowest BCUT2D eigenvalue weighted by Gasteiger charge is -2.66. The lowest BCUT2D eigenvalue weighted by atomic mass is 9.39. The molecule has 0 spiro atoms. The van der Waals surface area contributed by atoms with E-state index in [2.05, 4.69) is 13.8 Å². The zero-order chi connectivity index (χ0) is 14.9. The second-order valence-electron chi connectivity index (χ2n) is 8.98. The Morgan fingerprint density at radius 1 is 1.24 bits per heavy atom. The van der Waals surface area contributed by atoms with Gasteiger partial charge in [-0.1, -0.05) is 25.4 Å². The number of halogens is 1. The smallest absolute Gasteiger partial charge is 0.0902 e. The van der Waals surface area contributed by atoms with Crippen molar-refractivity contribution in [3.05, 3.63) is 21.3 Å². The fourth-order valence-electron chi connectivity index (χ4n) is 6.96. The molecule has 5 rings (SSSR count). The van der Waals surface area contributed by atoms with Gasteiger partial charge in [0.15, 0.2) is 0 Å². The van der Waals surface area contributed by atoms with E-state index in [0.717, 1.165) is 22.2 Å². The molecule has 4 fully saturated rings. The Morgan fingerprint density at radius 3 is 2.43 bits per heavy atom. The van der Waals surface area contributed by atoms with Crippen molar-refractivity contribution in [1.82, 2.24) is 0 Å². The molecule has 0 amide bonds. The molecule has 3 unspecified atom stereocenters. The molecule has 1 nitrogen and oxygen atoms in total. The summed E-state index contributed by atoms with van der Waals surface area (Å²) in [6, 6.07) is 1.91. The van der Waals surface area contributed by atoms with Crippen molar-refractivity contribution in [1.29, 1.82) is 0 Å². The first-order valence-electron chi connectivity index (χ1n) is 8.22. The van der Waals surface area contributed by atoms with Gasteiger partial charge in [0.25, 0.3) is 0 Å². The van der Waals surface area contributed by atoms with Crippen molar-refractivity contribution < 1.29 is 5.11 Å². The number of aliphatic hydroxyl groups excluding tert-OH is 1. The van der Waals surface area contributed by atoms with E-state index in [1.165, 1.54) is 38.5 Å². The highest BCUT2D eigenvalue weighted by Crippen LogP contribution is 2.71. The van der Waals surface area contributed by atoms with Gasteiger partial charge in [-0.2, -0.15) is 0 Å². The van der Waals surface area contributed by atoms with Gasteiger partial charge < -0.3 is 5.11 Å². The first-order valence-corrected chi connectivity index (χ1v) is 9.47. The Hall–Kier alpha value is -0.0500. The molecule has 1 N–H and O–H groups in total. The summed E-state index contributed by atoms with van der Waals surface area (Å²) in [6.45, 7) is 4.99. The molecule has 3 heteroatoms. The van der Waals surface area contributed by atoms with Gasteiger partial charge >= 0.3 is 0 Å². The molecule has 0 radical (unpaired) electrons. The van der Waals surface area contributed by atoms with Gasteiger partial charge in [-0.25, -0.2) is 0 Å². The van der Waals surface area contributed by atoms with Crippen LogP contribution in [0, 0.1) is 22.2 Å². The molecule has 1 aromatic heterocycles. The van der Waals surface area contributed by atoms with Crippen LogP contribution in [0.15, 0.2) is 11.4 Å². The lowest BCUT2D eigenvalue weighted by Crippen LogP contribution is -2.55. The Balaban J connectivity index is 1.61. The van der Waals surface area contributed by atoms with E-state index < -0.39 is 0 Å². The maximum Gasteiger partial charge on any atom is 0.0902 e. The van der Waals surface area contributed by atoms with Crippen LogP contribution in [0.1, 0.15) is 69.8 Å². The van der Waals surface area contributed by atoms with Crippen LogP contribution in [0.4, 0.5) is 0 Å². The summed E-state index contributed by atoms with van der Waals surface area (Å²) < 4.78 is 0. The maximum absolute atomic E-state index is 10.7. The molecule has 0 aromatic carbocycles. The quantitative estimate of drug-likeness (QED) is 0.742. The van der Waals surface area contributed by atoms with E-state index in [1.54, 1.807) is 11.3 Å². The van der Waals surface area contributed by atoms with E-state index >= 15 is 0 Å². The monoisotopic (exact) mass is 324 g/mol. The number of thiophene rings is 1. The molecular weight excluding hydrogens is 300 g/mol. The fraction of sp³-hybridized carbons (Fsp3) is 0.778. The highest BCUT2D eigenvalue weighted by molar-refractivity contribution is 7.10. The third kappa shape index (κ3) is 2.38. The summed E-state index contributed by atoms with van der Waals surface area (Å²) in [5.74, 6) is 0.891. The SMILES string of the molecule is CC12CC3CC(C)(C1)CC(CC(O)c1sccc1Cl)(C3)C2. The summed E-state index contributed by atoms with van der Waals surface area (Å²) in [7, 11) is 0. The Labute approximate surface area is 136 Å². The second kappa shape index (κ2) is 4.49. The topological polar surface area (TPSA) is 20.2 Å². The Kier molecular flexibility index (Phi) is 3.11. The second-order valence-corrected chi connectivity index (χ2v) is 10.3. The predicted octanol–water partition coefficient (Wildman–Crippen LogP) is 5.82. The molecule has 4 aliphatic rings. The normalized spacial score (nSPS) is 46.0. The highest BCUT2D eigenvalue weighted by Gasteiger charge is 2.60. The summed E-state index contributed by atoms with van der Waals surface area (Å²) in [4.78, 5) is 0.975. The number of aliphatic hydroxyl groups is 1. The minimum atomic E-state index is -0.374. The Bertz CT molecular complexity index is 547. The van der Waals surface area contributed by atoms with E-state index in [0.29, 0.717) is 16.2 Å². The van der Waals surface area contributed by atoms with Crippen LogP contribution in [0.2, 0.25) is 5.02 Å². The predicted molar refractivity (Wildman–Crippen MR) is 88.7 cm³/mol. The number of hydrogen-bond donors (Lipinski definition) is 1. The standard InChI is InChI=1S/C18H25ClOS/c1-16-5-12-6-17(2,9-16)11-18(7-12,10-16)8-14(20)15-13(19)3-4-21-15/h3-4,12,14,20H,5-11H2,1-2H3. The van der Waals surface area contributed by atoms with Crippen LogP contribution in [-0.2, 0) is 0 Å². The molecule has 4 aliphatic carbocycles. The van der Waals surface area contributed by atoms with Crippen LogP contribution in [0.25, 0.3) is 0 Å². The Morgan fingerprint density at radius 2 is 1.90 bits per heavy atom. The van der Waals surface area contributed by atoms with E-state index in [1.807, 2.05) is 11.4 Å². The van der Waals surface area contributed by atoms with Crippen molar-refractivity contribution in [3.8, 4) is 0 Å². The summed E-state index contributed by atoms with van der Waals surface area (Å²) in [5.41, 5.74) is 1.40. The van der Waals surface area contributed by atoms with Gasteiger partial charge in [-0.15, -0.1) is 11.3 Å². The van der Waals surface area contributed by atoms with E-state index in [9.17, 15) is 5.11 Å². The van der Waals surface area contributed by atoms with Gasteiger partial charge in [0.2, 0.25) is 0 Å². The molecule has 4 saturated carbocycles. The largest absolute Gasteiger partial charge is 0.388 e. The molecule has 4 bridgehead atoms. The number of hydrogen-bond acceptors (Lipinski definition) is 2. The summed E-state index contributed by atoms with van der Waals surface area (Å²) >= 11 is 7.83. The van der Waals surface area contributed by atoms with Crippen molar-refractivity contribution in [2.24, 2.45) is 22.2 Å². The third-order valence-electron chi connectivity index (χ3n) is 6.32. The van der Waals surface area contributed by atoms with Gasteiger partial charge in [0.05, 0.1) is 16.0 Å². The maximum atomic E-state index is 10.7. The van der Waals surface area contributed by atoms with E-state index in [-0.39, 0.29) is 6.10 Å². The number of rotatable bonds is 3. The molecule has 21 heavy (non-hydrogen) atoms. The van der Waals surface area contributed by atoms with Gasteiger partial charge in [0, 0.05) is 0 Å². The molecular formula is C18H25ClOS. The minimum Gasteiger partial charge on any atom is -0.388 e. The summed E-state index contributed by atoms with van der Waals surface area (Å²) in [5, 5.41) is 13.5. The molecule has 1 aromatic rings. The van der Waals surface area contributed by atoms with Crippen LogP contribution < -0.4 is 0 Å². The molecule has 116 valence electrons. The minimum absolute atomic E-state index is 0.357. The van der Waals surface area contributed by atoms with Crippen molar-refractivity contribution in [2.75, 3.05) is 0 Å². The lowest BCUT2D eigenvalue weighted by molar-refractivity contribution is -0.156. The zero-order valence-corrected chi connectivity index (χ0v) is 14.6. The van der Waals surface area contributed by atoms with Gasteiger partial charge in [0.1, 0.15) is 0 Å². The molecule has 0 saturated heterocycles. The summed E-state index contributed by atoms with van der Waals surface area (Å²) in [6.07, 6.45) is 8.72. The first-order chi connectivity index (χ1) is 9.81. The third-order valence-corrected chi connectivity index (χ3v) is 7.78. The molecule has 0 aliphatic heterocycles. The van der Waals surface area contributed by atoms with Crippen molar-refractivity contribution >= 4 is 22.9 Å². The first kappa shape index (κ1) is 14.5. The highest BCUT2D eigenvalue weighted by atomic mass is 35.5.